The molecule has 4 nitrogen and oxygen atoms in total. The van der Waals surface area contributed by atoms with Crippen LogP contribution in [0.15, 0.2) is 30.5 Å². The highest BCUT2D eigenvalue weighted by Crippen LogP contribution is 2.10. The second kappa shape index (κ2) is 5.99. The van der Waals surface area contributed by atoms with Crippen LogP contribution in [0, 0.1) is 3.57 Å². The van der Waals surface area contributed by atoms with E-state index in [1.807, 2.05) is 24.3 Å². The molecule has 0 spiro atoms. The summed E-state index contributed by atoms with van der Waals surface area (Å²) in [6, 6.07) is 8.19. The summed E-state index contributed by atoms with van der Waals surface area (Å²) in [5.41, 5.74) is 1.55. The zero-order chi connectivity index (χ0) is 13.0. The Balaban J connectivity index is 2.06. The maximum absolute atomic E-state index is 11.5. The Morgan fingerprint density at radius 2 is 2.11 bits per heavy atom. The Bertz CT molecular complexity index is 534. The van der Waals surface area contributed by atoms with Gasteiger partial charge in [-0.05, 0) is 47.2 Å². The average molecular weight is 356 g/mol. The molecule has 0 aliphatic carbocycles. The van der Waals surface area contributed by atoms with Crippen LogP contribution >= 0.6 is 22.6 Å². The molecule has 0 saturated heterocycles. The first-order chi connectivity index (χ1) is 8.69. The normalized spacial score (nSPS) is 10.3. The van der Waals surface area contributed by atoms with Crippen LogP contribution in [0.2, 0.25) is 0 Å². The van der Waals surface area contributed by atoms with Crippen LogP contribution in [0.5, 0.6) is 0 Å². The van der Waals surface area contributed by atoms with Gasteiger partial charge in [-0.2, -0.15) is 0 Å². The fourth-order valence-corrected chi connectivity index (χ4v) is 1.92. The van der Waals surface area contributed by atoms with Gasteiger partial charge in [0.25, 0.3) is 0 Å². The maximum Gasteiger partial charge on any atom is 0.356 e. The molecule has 1 N–H and O–H groups in total. The van der Waals surface area contributed by atoms with Crippen LogP contribution < -0.4 is 0 Å². The summed E-state index contributed by atoms with van der Waals surface area (Å²) in [4.78, 5) is 18.6. The van der Waals surface area contributed by atoms with Crippen LogP contribution in [-0.4, -0.2) is 22.5 Å². The standard InChI is InChI=1S/C13H13IN2O2/c1-2-18-13(17)11-8-15-12(16-11)7-9-3-5-10(14)6-4-9/h3-6,8H,2,7H2,1H3,(H,15,16). The monoisotopic (exact) mass is 356 g/mol. The number of halogens is 1. The zero-order valence-corrected chi connectivity index (χ0v) is 12.1. The smallest absolute Gasteiger partial charge is 0.356 e. The van der Waals surface area contributed by atoms with Gasteiger partial charge in [-0.15, -0.1) is 0 Å². The molecule has 18 heavy (non-hydrogen) atoms. The molecule has 0 radical (unpaired) electrons. The highest BCUT2D eigenvalue weighted by molar-refractivity contribution is 14.1. The second-order valence-electron chi connectivity index (χ2n) is 3.77. The number of carbonyl (C=O) groups is 1. The number of aromatic nitrogens is 2. The number of hydrogen-bond donors (Lipinski definition) is 1. The number of nitrogens with one attached hydrogen (secondary N) is 1. The van der Waals surface area contributed by atoms with E-state index in [2.05, 4.69) is 32.6 Å². The number of benzene rings is 1. The van der Waals surface area contributed by atoms with Crippen molar-refractivity contribution in [2.24, 2.45) is 0 Å². The van der Waals surface area contributed by atoms with Crippen molar-refractivity contribution in [3.05, 3.63) is 51.1 Å². The molecular formula is C13H13IN2O2. The number of carbonyl (C=O) groups excluding carboxylic acids is 1. The number of ether oxygens (including phenoxy) is 1. The maximum atomic E-state index is 11.5. The minimum Gasteiger partial charge on any atom is -0.461 e. The number of imidazole rings is 1. The molecule has 0 atom stereocenters. The Hall–Kier alpha value is -1.37. The predicted octanol–water partition coefficient (Wildman–Crippen LogP) is 2.78. The molecule has 2 rings (SSSR count). The van der Waals surface area contributed by atoms with E-state index in [1.165, 1.54) is 9.77 Å². The molecule has 0 saturated carbocycles. The highest BCUT2D eigenvalue weighted by atomic mass is 127. The van der Waals surface area contributed by atoms with Crippen molar-refractivity contribution in [2.75, 3.05) is 6.61 Å². The minimum absolute atomic E-state index is 0.362. The fraction of sp³-hybridized carbons (Fsp3) is 0.231. The van der Waals surface area contributed by atoms with Gasteiger partial charge in [-0.25, -0.2) is 9.78 Å². The van der Waals surface area contributed by atoms with Crippen LogP contribution in [0.3, 0.4) is 0 Å². The van der Waals surface area contributed by atoms with Gasteiger partial charge < -0.3 is 9.72 Å². The number of aromatic amines is 1. The van der Waals surface area contributed by atoms with Crippen molar-refractivity contribution in [2.45, 2.75) is 13.3 Å². The number of hydrogen-bond acceptors (Lipinski definition) is 3. The lowest BCUT2D eigenvalue weighted by Gasteiger charge is -1.99. The first kappa shape index (κ1) is 13.1. The SMILES string of the molecule is CCOC(=O)c1cnc(Cc2ccc(I)cc2)[nH]1. The molecule has 1 aromatic heterocycles. The van der Waals surface area contributed by atoms with E-state index in [1.54, 1.807) is 6.92 Å². The van der Waals surface area contributed by atoms with E-state index in [0.717, 1.165) is 11.4 Å². The predicted molar refractivity (Wildman–Crippen MR) is 76.5 cm³/mol. The third-order valence-corrected chi connectivity index (χ3v) is 3.13. The van der Waals surface area contributed by atoms with Gasteiger partial charge in [0.2, 0.25) is 0 Å². The molecule has 0 aliphatic heterocycles. The van der Waals surface area contributed by atoms with Crippen molar-refractivity contribution in [1.82, 2.24) is 9.97 Å². The van der Waals surface area contributed by atoms with E-state index < -0.39 is 0 Å². The van der Waals surface area contributed by atoms with Crippen LogP contribution in [0.25, 0.3) is 0 Å². The van der Waals surface area contributed by atoms with E-state index in [4.69, 9.17) is 4.74 Å². The summed E-state index contributed by atoms with van der Waals surface area (Å²) in [7, 11) is 0. The second-order valence-corrected chi connectivity index (χ2v) is 5.01. The van der Waals surface area contributed by atoms with Crippen molar-refractivity contribution in [1.29, 1.82) is 0 Å². The van der Waals surface area contributed by atoms with Gasteiger partial charge in [0, 0.05) is 9.99 Å². The number of esters is 1. The summed E-state index contributed by atoms with van der Waals surface area (Å²) >= 11 is 2.26. The van der Waals surface area contributed by atoms with Crippen LogP contribution in [0.1, 0.15) is 28.8 Å². The molecule has 1 aromatic carbocycles. The lowest BCUT2D eigenvalue weighted by atomic mass is 10.1. The summed E-state index contributed by atoms with van der Waals surface area (Å²) < 4.78 is 6.09. The third-order valence-electron chi connectivity index (χ3n) is 2.41. The van der Waals surface area contributed by atoms with Gasteiger partial charge in [0.15, 0.2) is 0 Å². The van der Waals surface area contributed by atoms with Gasteiger partial charge in [-0.1, -0.05) is 12.1 Å². The number of nitrogens with zero attached hydrogens (tertiary/aromatic N) is 1. The lowest BCUT2D eigenvalue weighted by molar-refractivity contribution is 0.0520. The van der Waals surface area contributed by atoms with Crippen LogP contribution in [0.4, 0.5) is 0 Å². The Kier molecular flexibility index (Phi) is 4.35. The number of H-pyrrole nitrogens is 1. The Morgan fingerprint density at radius 1 is 1.39 bits per heavy atom. The highest BCUT2D eigenvalue weighted by Gasteiger charge is 2.10. The molecule has 0 unspecified atom stereocenters. The largest absolute Gasteiger partial charge is 0.461 e. The van der Waals surface area contributed by atoms with E-state index in [0.29, 0.717) is 18.7 Å². The molecule has 0 amide bonds. The van der Waals surface area contributed by atoms with Crippen LogP contribution in [-0.2, 0) is 11.2 Å². The topological polar surface area (TPSA) is 55.0 Å². The zero-order valence-electron chi connectivity index (χ0n) is 9.94. The summed E-state index contributed by atoms with van der Waals surface area (Å²) in [6.45, 7) is 2.14. The Labute approximate surface area is 119 Å². The van der Waals surface area contributed by atoms with Gasteiger partial charge in [-0.3, -0.25) is 0 Å². The molecule has 2 aromatic rings. The quantitative estimate of drug-likeness (QED) is 0.677. The van der Waals surface area contributed by atoms with Crippen molar-refractivity contribution in [3.8, 4) is 0 Å². The summed E-state index contributed by atoms with van der Waals surface area (Å²) in [5, 5.41) is 0. The fourth-order valence-electron chi connectivity index (χ4n) is 1.56. The van der Waals surface area contributed by atoms with E-state index in [-0.39, 0.29) is 5.97 Å². The van der Waals surface area contributed by atoms with Gasteiger partial charge >= 0.3 is 5.97 Å². The molecule has 0 aliphatic rings. The molecule has 5 heteroatoms. The molecule has 0 bridgehead atoms. The Morgan fingerprint density at radius 3 is 2.78 bits per heavy atom. The molecule has 1 heterocycles. The molecular weight excluding hydrogens is 343 g/mol. The van der Waals surface area contributed by atoms with Gasteiger partial charge in [0.1, 0.15) is 11.5 Å². The first-order valence-corrected chi connectivity index (χ1v) is 6.72. The molecule has 94 valence electrons. The number of rotatable bonds is 4. The summed E-state index contributed by atoms with van der Waals surface area (Å²) in [6.07, 6.45) is 2.19. The lowest BCUT2D eigenvalue weighted by Crippen LogP contribution is -2.05. The average Bonchev–Trinajstić information content (AvgIpc) is 2.81. The third kappa shape index (κ3) is 3.32. The van der Waals surface area contributed by atoms with E-state index in [9.17, 15) is 4.79 Å². The first-order valence-electron chi connectivity index (χ1n) is 5.64. The van der Waals surface area contributed by atoms with Gasteiger partial charge in [0.05, 0.1) is 12.8 Å². The minimum atomic E-state index is -0.362. The molecule has 0 fully saturated rings. The summed E-state index contributed by atoms with van der Waals surface area (Å²) in [5.74, 6) is 0.401. The van der Waals surface area contributed by atoms with Crippen molar-refractivity contribution in [3.63, 3.8) is 0 Å². The van der Waals surface area contributed by atoms with Crippen molar-refractivity contribution >= 4 is 28.6 Å². The van der Waals surface area contributed by atoms with E-state index >= 15 is 0 Å². The van der Waals surface area contributed by atoms with Crippen molar-refractivity contribution < 1.29 is 9.53 Å².